The molecule has 0 aliphatic carbocycles. The fourth-order valence-electron chi connectivity index (χ4n) is 3.24. The zero-order valence-electron chi connectivity index (χ0n) is 19.3. The Kier molecular flexibility index (Phi) is 8.85. The number of carbonyl (C=O) groups is 2. The molecule has 2 rings (SSSR count). The number of nitrogens with one attached hydrogen (secondary N) is 1. The maximum absolute atomic E-state index is 13.4. The number of sulfonamides is 1. The van der Waals surface area contributed by atoms with Gasteiger partial charge in [0.25, 0.3) is 0 Å². The van der Waals surface area contributed by atoms with Gasteiger partial charge >= 0.3 is 0 Å². The first-order valence-corrected chi connectivity index (χ1v) is 12.6. The van der Waals surface area contributed by atoms with E-state index in [0.717, 1.165) is 10.6 Å². The highest BCUT2D eigenvalue weighted by atomic mass is 35.5. The smallest absolute Gasteiger partial charge is 0.244 e. The van der Waals surface area contributed by atoms with E-state index in [1.165, 1.54) is 29.2 Å². The molecule has 7 nitrogen and oxygen atoms in total. The molecule has 180 valence electrons. The van der Waals surface area contributed by atoms with Gasteiger partial charge in [-0.15, -0.1) is 0 Å². The van der Waals surface area contributed by atoms with Crippen molar-refractivity contribution in [1.29, 1.82) is 0 Å². The van der Waals surface area contributed by atoms with Crippen molar-refractivity contribution in [2.24, 2.45) is 0 Å². The van der Waals surface area contributed by atoms with Crippen LogP contribution < -0.4 is 9.62 Å². The lowest BCUT2D eigenvalue weighted by Gasteiger charge is -2.32. The Morgan fingerprint density at radius 2 is 1.70 bits per heavy atom. The first-order chi connectivity index (χ1) is 15.3. The van der Waals surface area contributed by atoms with E-state index in [4.69, 9.17) is 11.6 Å². The van der Waals surface area contributed by atoms with Crippen LogP contribution in [0.3, 0.4) is 0 Å². The molecule has 0 fully saturated rings. The summed E-state index contributed by atoms with van der Waals surface area (Å²) in [5.41, 5.74) is 1.38. The predicted molar refractivity (Wildman–Crippen MR) is 128 cm³/mol. The Labute approximate surface area is 199 Å². The third-order valence-electron chi connectivity index (χ3n) is 5.05. The summed E-state index contributed by atoms with van der Waals surface area (Å²) in [5.74, 6) is -1.40. The highest BCUT2D eigenvalue weighted by Gasteiger charge is 2.31. The van der Waals surface area contributed by atoms with Crippen molar-refractivity contribution in [2.45, 2.75) is 46.3 Å². The zero-order valence-corrected chi connectivity index (χ0v) is 20.9. The average Bonchev–Trinajstić information content (AvgIpc) is 2.72. The third-order valence-corrected chi connectivity index (χ3v) is 6.59. The van der Waals surface area contributed by atoms with Crippen molar-refractivity contribution in [3.8, 4) is 0 Å². The van der Waals surface area contributed by atoms with E-state index >= 15 is 0 Å². The van der Waals surface area contributed by atoms with Crippen LogP contribution in [0.2, 0.25) is 5.02 Å². The van der Waals surface area contributed by atoms with E-state index in [1.54, 1.807) is 45.9 Å². The van der Waals surface area contributed by atoms with Crippen molar-refractivity contribution in [3.05, 3.63) is 64.4 Å². The molecule has 2 aromatic carbocycles. The van der Waals surface area contributed by atoms with Crippen LogP contribution in [0, 0.1) is 12.7 Å². The van der Waals surface area contributed by atoms with Crippen molar-refractivity contribution < 1.29 is 22.4 Å². The Morgan fingerprint density at radius 3 is 2.24 bits per heavy atom. The minimum atomic E-state index is -3.85. The van der Waals surface area contributed by atoms with Gasteiger partial charge in [0.15, 0.2) is 0 Å². The summed E-state index contributed by atoms with van der Waals surface area (Å²) < 4.78 is 39.5. The third kappa shape index (κ3) is 7.17. The largest absolute Gasteiger partial charge is 0.352 e. The monoisotopic (exact) mass is 497 g/mol. The Morgan fingerprint density at radius 1 is 1.09 bits per heavy atom. The fraction of sp³-hybridized carbons (Fsp3) is 0.391. The summed E-state index contributed by atoms with van der Waals surface area (Å²) in [6.07, 6.45) is 1.000. The quantitative estimate of drug-likeness (QED) is 0.574. The summed E-state index contributed by atoms with van der Waals surface area (Å²) >= 11 is 6.17. The summed E-state index contributed by atoms with van der Waals surface area (Å²) in [7, 11) is -3.85. The van der Waals surface area contributed by atoms with E-state index in [9.17, 15) is 22.4 Å². The fourth-order valence-corrected chi connectivity index (χ4v) is 4.30. The molecule has 0 aliphatic rings. The number of hydrogen-bond donors (Lipinski definition) is 1. The molecule has 0 bridgehead atoms. The predicted octanol–water partition coefficient (Wildman–Crippen LogP) is 3.50. The molecule has 2 aromatic rings. The standard InChI is InChI=1S/C23H29ClFN3O4S/c1-15(2)26-23(30)17(4)27(13-18-9-11-19(25)12-10-18)22(29)14-28(33(5,31)32)21-8-6-7-20(24)16(21)3/h6-12,15,17H,13-14H2,1-5H3,(H,26,30)/t17-/m1/s1. The number of benzene rings is 2. The van der Waals surface area contributed by atoms with Crippen molar-refractivity contribution in [1.82, 2.24) is 10.2 Å². The van der Waals surface area contributed by atoms with Gasteiger partial charge in [0.1, 0.15) is 18.4 Å². The zero-order chi connectivity index (χ0) is 24.9. The molecule has 1 atom stereocenters. The van der Waals surface area contributed by atoms with Gasteiger partial charge < -0.3 is 10.2 Å². The van der Waals surface area contributed by atoms with Gasteiger partial charge in [-0.2, -0.15) is 0 Å². The average molecular weight is 498 g/mol. The molecule has 0 spiro atoms. The molecule has 0 saturated heterocycles. The molecule has 0 radical (unpaired) electrons. The molecule has 0 unspecified atom stereocenters. The highest BCUT2D eigenvalue weighted by molar-refractivity contribution is 7.92. The van der Waals surface area contributed by atoms with Gasteiger partial charge in [-0.3, -0.25) is 13.9 Å². The van der Waals surface area contributed by atoms with Crippen LogP contribution >= 0.6 is 11.6 Å². The molecule has 2 amide bonds. The van der Waals surface area contributed by atoms with E-state index in [2.05, 4.69) is 5.32 Å². The van der Waals surface area contributed by atoms with Crippen molar-refractivity contribution in [2.75, 3.05) is 17.1 Å². The lowest BCUT2D eigenvalue weighted by Crippen LogP contribution is -2.52. The SMILES string of the molecule is Cc1c(Cl)cccc1N(CC(=O)N(Cc1ccc(F)cc1)[C@H](C)C(=O)NC(C)C)S(C)(=O)=O. The van der Waals surface area contributed by atoms with Crippen LogP contribution in [-0.4, -0.2) is 50.0 Å². The van der Waals surface area contributed by atoms with Crippen molar-refractivity contribution >= 4 is 39.1 Å². The van der Waals surface area contributed by atoms with E-state index in [-0.39, 0.29) is 24.2 Å². The first kappa shape index (κ1) is 26.6. The second kappa shape index (κ2) is 11.0. The lowest BCUT2D eigenvalue weighted by atomic mass is 10.1. The maximum Gasteiger partial charge on any atom is 0.244 e. The topological polar surface area (TPSA) is 86.8 Å². The summed E-state index contributed by atoms with van der Waals surface area (Å²) in [4.78, 5) is 27.4. The van der Waals surface area contributed by atoms with Gasteiger partial charge in [-0.05, 0) is 63.1 Å². The second-order valence-electron chi connectivity index (χ2n) is 8.14. The first-order valence-electron chi connectivity index (χ1n) is 10.4. The molecular formula is C23H29ClFN3O4S. The molecule has 0 aliphatic heterocycles. The molecule has 0 aromatic heterocycles. The molecule has 10 heteroatoms. The molecule has 33 heavy (non-hydrogen) atoms. The van der Waals surface area contributed by atoms with Crippen LogP contribution in [0.15, 0.2) is 42.5 Å². The number of nitrogens with zero attached hydrogens (tertiary/aromatic N) is 2. The summed E-state index contributed by atoms with van der Waals surface area (Å²) in [6.45, 7) is 6.29. The lowest BCUT2D eigenvalue weighted by molar-refractivity contribution is -0.139. The number of anilines is 1. The molecule has 0 saturated carbocycles. The Bertz CT molecular complexity index is 1110. The number of halogens is 2. The van der Waals surface area contributed by atoms with Crippen LogP contribution in [0.25, 0.3) is 0 Å². The van der Waals surface area contributed by atoms with E-state index in [1.807, 2.05) is 0 Å². The highest BCUT2D eigenvalue weighted by Crippen LogP contribution is 2.28. The van der Waals surface area contributed by atoms with Crippen LogP contribution in [0.1, 0.15) is 31.9 Å². The maximum atomic E-state index is 13.4. The Balaban J connectivity index is 2.43. The van der Waals surface area contributed by atoms with Gasteiger partial charge in [-0.25, -0.2) is 12.8 Å². The van der Waals surface area contributed by atoms with Gasteiger partial charge in [0, 0.05) is 17.6 Å². The summed E-state index contributed by atoms with van der Waals surface area (Å²) in [6, 6.07) is 9.29. The number of hydrogen-bond acceptors (Lipinski definition) is 4. The number of amides is 2. The van der Waals surface area contributed by atoms with Gasteiger partial charge in [0.05, 0.1) is 11.9 Å². The Hall–Kier alpha value is -2.65. The number of carbonyl (C=O) groups excluding carboxylic acids is 2. The molecular weight excluding hydrogens is 469 g/mol. The number of rotatable bonds is 9. The minimum absolute atomic E-state index is 0.00206. The minimum Gasteiger partial charge on any atom is -0.352 e. The van der Waals surface area contributed by atoms with Gasteiger partial charge in [-0.1, -0.05) is 29.8 Å². The summed E-state index contributed by atoms with van der Waals surface area (Å²) in [5, 5.41) is 3.12. The van der Waals surface area contributed by atoms with E-state index < -0.39 is 34.3 Å². The normalized spacial score (nSPS) is 12.4. The van der Waals surface area contributed by atoms with Crippen LogP contribution in [0.5, 0.6) is 0 Å². The molecule has 1 N–H and O–H groups in total. The van der Waals surface area contributed by atoms with Crippen LogP contribution in [0.4, 0.5) is 10.1 Å². The second-order valence-corrected chi connectivity index (χ2v) is 10.5. The van der Waals surface area contributed by atoms with Gasteiger partial charge in [0.2, 0.25) is 21.8 Å². The van der Waals surface area contributed by atoms with E-state index in [0.29, 0.717) is 16.1 Å². The van der Waals surface area contributed by atoms with Crippen LogP contribution in [-0.2, 0) is 26.2 Å². The molecule has 0 heterocycles. The van der Waals surface area contributed by atoms with Crippen molar-refractivity contribution in [3.63, 3.8) is 0 Å².